The molecule has 1 fully saturated rings. The average molecular weight is 211 g/mol. The molecule has 3 heteroatoms. The van der Waals surface area contributed by atoms with Gasteiger partial charge in [0.15, 0.2) is 0 Å². The van der Waals surface area contributed by atoms with Gasteiger partial charge in [0.25, 0.3) is 0 Å². The highest BCUT2D eigenvalue weighted by Gasteiger charge is 2.14. The molecule has 0 N–H and O–H groups in total. The van der Waals surface area contributed by atoms with Gasteiger partial charge in [-0.1, -0.05) is 19.3 Å². The Morgan fingerprint density at radius 2 is 2.13 bits per heavy atom. The fourth-order valence-corrected chi connectivity index (χ4v) is 1.86. The van der Waals surface area contributed by atoms with Crippen LogP contribution in [0, 0.1) is 5.92 Å². The molecule has 0 saturated heterocycles. The summed E-state index contributed by atoms with van der Waals surface area (Å²) < 4.78 is 4.89. The molecule has 1 atom stereocenters. The van der Waals surface area contributed by atoms with E-state index in [1.807, 2.05) is 13.1 Å². The third kappa shape index (κ3) is 4.45. The van der Waals surface area contributed by atoms with Crippen LogP contribution in [-0.2, 0) is 9.53 Å². The molecule has 15 heavy (non-hydrogen) atoms. The molecule has 86 valence electrons. The van der Waals surface area contributed by atoms with Crippen molar-refractivity contribution in [3.8, 4) is 0 Å². The lowest BCUT2D eigenvalue weighted by molar-refractivity contribution is -0.144. The molecule has 0 heterocycles. The molecule has 0 aromatic rings. The summed E-state index contributed by atoms with van der Waals surface area (Å²) in [5.41, 5.74) is 0. The van der Waals surface area contributed by atoms with E-state index in [0.29, 0.717) is 12.5 Å². The van der Waals surface area contributed by atoms with E-state index in [0.717, 1.165) is 0 Å². The van der Waals surface area contributed by atoms with Gasteiger partial charge in [-0.2, -0.15) is 0 Å². The van der Waals surface area contributed by atoms with Crippen molar-refractivity contribution in [1.29, 1.82) is 0 Å². The number of carbonyl (C=O) groups is 1. The van der Waals surface area contributed by atoms with Gasteiger partial charge in [0.1, 0.15) is 6.04 Å². The van der Waals surface area contributed by atoms with Gasteiger partial charge in [-0.3, -0.25) is 4.99 Å². The van der Waals surface area contributed by atoms with Crippen LogP contribution < -0.4 is 0 Å². The summed E-state index contributed by atoms with van der Waals surface area (Å²) in [6, 6.07) is -0.341. The predicted octanol–water partition coefficient (Wildman–Crippen LogP) is 2.59. The fraction of sp³-hybridized carbons (Fsp3) is 0.833. The minimum Gasteiger partial charge on any atom is -0.464 e. The highest BCUT2D eigenvalue weighted by molar-refractivity contribution is 5.77. The van der Waals surface area contributed by atoms with Crippen LogP contribution in [0.3, 0.4) is 0 Å². The zero-order chi connectivity index (χ0) is 11.1. The monoisotopic (exact) mass is 211 g/mol. The molecule has 1 unspecified atom stereocenters. The van der Waals surface area contributed by atoms with Gasteiger partial charge < -0.3 is 4.74 Å². The maximum Gasteiger partial charge on any atom is 0.330 e. The van der Waals surface area contributed by atoms with E-state index in [1.165, 1.54) is 32.1 Å². The summed E-state index contributed by atoms with van der Waals surface area (Å²) in [5, 5.41) is 0. The smallest absolute Gasteiger partial charge is 0.330 e. The number of nitrogens with zero attached hydrogens (tertiary/aromatic N) is 1. The van der Waals surface area contributed by atoms with Crippen molar-refractivity contribution in [1.82, 2.24) is 0 Å². The maximum atomic E-state index is 11.3. The molecule has 0 aliphatic heterocycles. The van der Waals surface area contributed by atoms with Gasteiger partial charge in [0.05, 0.1) is 6.61 Å². The summed E-state index contributed by atoms with van der Waals surface area (Å²) >= 11 is 0. The molecule has 0 spiro atoms. The predicted molar refractivity (Wildman–Crippen MR) is 61.2 cm³/mol. The van der Waals surface area contributed by atoms with E-state index < -0.39 is 0 Å². The Balaban J connectivity index is 2.31. The summed E-state index contributed by atoms with van der Waals surface area (Å²) in [6.07, 6.45) is 8.34. The van der Waals surface area contributed by atoms with Crippen LogP contribution in [-0.4, -0.2) is 24.8 Å². The van der Waals surface area contributed by atoms with E-state index in [2.05, 4.69) is 4.99 Å². The first kappa shape index (κ1) is 12.2. The van der Waals surface area contributed by atoms with Gasteiger partial charge in [0.2, 0.25) is 0 Å². The Hall–Kier alpha value is -0.860. The standard InChI is InChI=1S/C12H21NO2/c1-3-15-12(14)10(2)13-9-11-7-5-4-6-8-11/h9-11H,3-8H2,1-2H3. The molecule has 1 aliphatic carbocycles. The zero-order valence-electron chi connectivity index (χ0n) is 9.74. The largest absolute Gasteiger partial charge is 0.464 e. The number of carbonyl (C=O) groups excluding carboxylic acids is 1. The number of hydrogen-bond donors (Lipinski definition) is 0. The van der Waals surface area contributed by atoms with E-state index in [1.54, 1.807) is 6.92 Å². The van der Waals surface area contributed by atoms with Crippen molar-refractivity contribution in [3.05, 3.63) is 0 Å². The lowest BCUT2D eigenvalue weighted by Crippen LogP contribution is -2.19. The van der Waals surface area contributed by atoms with Crippen molar-refractivity contribution >= 4 is 12.2 Å². The highest BCUT2D eigenvalue weighted by atomic mass is 16.5. The van der Waals surface area contributed by atoms with Crippen molar-refractivity contribution in [2.24, 2.45) is 10.9 Å². The Morgan fingerprint density at radius 1 is 1.47 bits per heavy atom. The maximum absolute atomic E-state index is 11.3. The van der Waals surface area contributed by atoms with Crippen LogP contribution in [0.4, 0.5) is 0 Å². The quantitative estimate of drug-likeness (QED) is 0.529. The van der Waals surface area contributed by atoms with Gasteiger partial charge in [-0.25, -0.2) is 4.79 Å². The van der Waals surface area contributed by atoms with Crippen LogP contribution in [0.25, 0.3) is 0 Å². The third-order valence-corrected chi connectivity index (χ3v) is 2.80. The number of aliphatic imine (C=N–C) groups is 1. The van der Waals surface area contributed by atoms with Crippen LogP contribution >= 0.6 is 0 Å². The summed E-state index contributed by atoms with van der Waals surface area (Å²) in [5.74, 6) is 0.361. The van der Waals surface area contributed by atoms with Gasteiger partial charge >= 0.3 is 5.97 Å². The zero-order valence-corrected chi connectivity index (χ0v) is 9.74. The number of hydrogen-bond acceptors (Lipinski definition) is 3. The SMILES string of the molecule is CCOC(=O)C(C)N=CC1CCCCC1. The summed E-state index contributed by atoms with van der Waals surface area (Å²) in [4.78, 5) is 15.5. The molecule has 0 bridgehead atoms. The number of rotatable bonds is 4. The minimum atomic E-state index is -0.341. The third-order valence-electron chi connectivity index (χ3n) is 2.80. The Labute approximate surface area is 91.9 Å². The molecular weight excluding hydrogens is 190 g/mol. The second kappa shape index (κ2) is 6.59. The first-order chi connectivity index (χ1) is 7.24. The molecule has 0 aromatic carbocycles. The van der Waals surface area contributed by atoms with Crippen LogP contribution in [0.2, 0.25) is 0 Å². The number of ether oxygens (including phenoxy) is 1. The lowest BCUT2D eigenvalue weighted by atomic mass is 9.90. The molecule has 0 aromatic heterocycles. The normalized spacial score (nSPS) is 20.4. The molecular formula is C12H21NO2. The minimum absolute atomic E-state index is 0.218. The van der Waals surface area contributed by atoms with Crippen molar-refractivity contribution in [3.63, 3.8) is 0 Å². The van der Waals surface area contributed by atoms with Crippen LogP contribution in [0.15, 0.2) is 4.99 Å². The van der Waals surface area contributed by atoms with Crippen LogP contribution in [0.5, 0.6) is 0 Å². The topological polar surface area (TPSA) is 38.7 Å². The van der Waals surface area contributed by atoms with Gasteiger partial charge in [-0.15, -0.1) is 0 Å². The van der Waals surface area contributed by atoms with E-state index in [-0.39, 0.29) is 12.0 Å². The Bertz CT molecular complexity index is 220. The molecule has 1 saturated carbocycles. The highest BCUT2D eigenvalue weighted by Crippen LogP contribution is 2.22. The van der Waals surface area contributed by atoms with Crippen molar-refractivity contribution < 1.29 is 9.53 Å². The molecule has 0 amide bonds. The molecule has 0 radical (unpaired) electrons. The average Bonchev–Trinajstić information content (AvgIpc) is 2.27. The Kier molecular flexibility index (Phi) is 5.37. The Morgan fingerprint density at radius 3 is 2.73 bits per heavy atom. The van der Waals surface area contributed by atoms with Crippen molar-refractivity contribution in [2.45, 2.75) is 52.0 Å². The molecule has 3 nitrogen and oxygen atoms in total. The van der Waals surface area contributed by atoms with Crippen molar-refractivity contribution in [2.75, 3.05) is 6.61 Å². The second-order valence-electron chi connectivity index (χ2n) is 4.12. The van der Waals surface area contributed by atoms with Crippen LogP contribution in [0.1, 0.15) is 46.0 Å². The number of esters is 1. The van der Waals surface area contributed by atoms with E-state index in [4.69, 9.17) is 4.74 Å². The fourth-order valence-electron chi connectivity index (χ4n) is 1.86. The van der Waals surface area contributed by atoms with E-state index in [9.17, 15) is 4.79 Å². The lowest BCUT2D eigenvalue weighted by Gasteiger charge is -2.17. The summed E-state index contributed by atoms with van der Waals surface area (Å²) in [7, 11) is 0. The van der Waals surface area contributed by atoms with Gasteiger partial charge in [-0.05, 0) is 32.6 Å². The molecule has 1 rings (SSSR count). The summed E-state index contributed by atoms with van der Waals surface area (Å²) in [6.45, 7) is 4.04. The van der Waals surface area contributed by atoms with E-state index >= 15 is 0 Å². The second-order valence-corrected chi connectivity index (χ2v) is 4.12. The molecule has 1 aliphatic rings. The van der Waals surface area contributed by atoms with Gasteiger partial charge in [0, 0.05) is 6.21 Å². The first-order valence-corrected chi connectivity index (χ1v) is 5.94. The first-order valence-electron chi connectivity index (χ1n) is 5.94.